The van der Waals surface area contributed by atoms with Gasteiger partial charge >= 0.3 is 0 Å². The van der Waals surface area contributed by atoms with Crippen molar-refractivity contribution < 1.29 is 4.74 Å². The van der Waals surface area contributed by atoms with Gasteiger partial charge in [0.15, 0.2) is 0 Å². The maximum Gasteiger partial charge on any atom is 0.205 e. The fraction of sp³-hybridized carbons (Fsp3) is 0.556. The van der Waals surface area contributed by atoms with Gasteiger partial charge < -0.3 is 9.64 Å². The van der Waals surface area contributed by atoms with Crippen LogP contribution in [0.15, 0.2) is 24.3 Å². The first-order valence-corrected chi connectivity index (χ1v) is 9.53. The second-order valence-electron chi connectivity index (χ2n) is 6.79. The highest BCUT2D eigenvalue weighted by Gasteiger charge is 2.22. The zero-order valence-corrected chi connectivity index (χ0v) is 15.0. The smallest absolute Gasteiger partial charge is 0.205 e. The molecule has 0 spiro atoms. The molecule has 2 heterocycles. The van der Waals surface area contributed by atoms with E-state index in [1.54, 1.807) is 0 Å². The number of aryl methyl sites for hydroxylation is 1. The Balaban J connectivity index is 1.25. The first kappa shape index (κ1) is 15.8. The third kappa shape index (κ3) is 4.05. The van der Waals surface area contributed by atoms with E-state index in [-0.39, 0.29) is 0 Å². The summed E-state index contributed by atoms with van der Waals surface area (Å²) in [5, 5.41) is 1.06. The van der Waals surface area contributed by atoms with Crippen LogP contribution in [0.5, 0.6) is 5.75 Å². The third-order valence-corrected chi connectivity index (χ3v) is 5.54. The molecule has 2 fully saturated rings. The van der Waals surface area contributed by atoms with Crippen molar-refractivity contribution in [3.63, 3.8) is 0 Å². The van der Waals surface area contributed by atoms with Gasteiger partial charge in [-0.3, -0.25) is 4.90 Å². The number of benzene rings is 1. The van der Waals surface area contributed by atoms with Gasteiger partial charge in [0.05, 0.1) is 6.61 Å². The summed E-state index contributed by atoms with van der Waals surface area (Å²) in [5.41, 5.74) is 1.36. The van der Waals surface area contributed by atoms with Crippen LogP contribution in [-0.2, 0) is 6.54 Å². The van der Waals surface area contributed by atoms with Crippen molar-refractivity contribution in [1.82, 2.24) is 14.3 Å². The number of nitrogens with zero attached hydrogens (tertiary/aromatic N) is 4. The highest BCUT2D eigenvalue weighted by Crippen LogP contribution is 2.29. The van der Waals surface area contributed by atoms with Crippen molar-refractivity contribution in [3.8, 4) is 5.75 Å². The fourth-order valence-corrected chi connectivity index (χ4v) is 3.69. The van der Waals surface area contributed by atoms with Crippen LogP contribution in [0.25, 0.3) is 0 Å². The average molecular weight is 344 g/mol. The lowest BCUT2D eigenvalue weighted by Crippen LogP contribution is -2.45. The predicted octanol–water partition coefficient (Wildman–Crippen LogP) is 2.96. The van der Waals surface area contributed by atoms with Crippen LogP contribution in [0, 0.1) is 12.8 Å². The van der Waals surface area contributed by atoms with Crippen molar-refractivity contribution in [3.05, 3.63) is 35.7 Å². The lowest BCUT2D eigenvalue weighted by Gasteiger charge is -2.34. The summed E-state index contributed by atoms with van der Waals surface area (Å²) in [6.07, 6.45) is 2.67. The summed E-state index contributed by atoms with van der Waals surface area (Å²) in [7, 11) is 0. The molecule has 2 aromatic rings. The summed E-state index contributed by atoms with van der Waals surface area (Å²) in [5.74, 6) is 2.68. The largest absolute Gasteiger partial charge is 0.493 e. The monoisotopic (exact) mass is 344 g/mol. The fourth-order valence-electron chi connectivity index (χ4n) is 2.96. The van der Waals surface area contributed by atoms with E-state index >= 15 is 0 Å². The van der Waals surface area contributed by atoms with Gasteiger partial charge in [0.2, 0.25) is 5.13 Å². The van der Waals surface area contributed by atoms with Gasteiger partial charge in [0.25, 0.3) is 0 Å². The standard InChI is InChI=1S/C18H24N4OS/c1-14-19-18(24-20-14)22-10-8-21(9-11-22)12-15-4-6-17(7-5-15)23-13-16-2-3-16/h4-7,16H,2-3,8-13H2,1H3. The first-order chi connectivity index (χ1) is 11.8. The lowest BCUT2D eigenvalue weighted by molar-refractivity contribution is 0.249. The summed E-state index contributed by atoms with van der Waals surface area (Å²) in [4.78, 5) is 9.34. The number of hydrogen-bond acceptors (Lipinski definition) is 6. The Morgan fingerprint density at radius 2 is 1.88 bits per heavy atom. The van der Waals surface area contributed by atoms with Crippen molar-refractivity contribution in [2.45, 2.75) is 26.3 Å². The minimum absolute atomic E-state index is 0.804. The van der Waals surface area contributed by atoms with Gasteiger partial charge in [-0.15, -0.1) is 0 Å². The summed E-state index contributed by atoms with van der Waals surface area (Å²) >= 11 is 1.51. The summed E-state index contributed by atoms with van der Waals surface area (Å²) in [6, 6.07) is 8.61. The van der Waals surface area contributed by atoms with E-state index in [4.69, 9.17) is 4.74 Å². The molecule has 1 saturated heterocycles. The molecule has 1 aromatic carbocycles. The Hall–Kier alpha value is -1.66. The number of rotatable bonds is 6. The van der Waals surface area contributed by atoms with E-state index < -0.39 is 0 Å². The predicted molar refractivity (Wildman–Crippen MR) is 96.8 cm³/mol. The molecular formula is C18H24N4OS. The lowest BCUT2D eigenvalue weighted by atomic mass is 10.2. The molecule has 1 saturated carbocycles. The van der Waals surface area contributed by atoms with Crippen LogP contribution >= 0.6 is 11.5 Å². The summed E-state index contributed by atoms with van der Waals surface area (Å²) < 4.78 is 10.1. The summed E-state index contributed by atoms with van der Waals surface area (Å²) in [6.45, 7) is 8.03. The Kier molecular flexibility index (Phi) is 4.67. The third-order valence-electron chi connectivity index (χ3n) is 4.67. The van der Waals surface area contributed by atoms with Gasteiger partial charge in [-0.05, 0) is 43.4 Å². The van der Waals surface area contributed by atoms with Crippen molar-refractivity contribution in [1.29, 1.82) is 0 Å². The van der Waals surface area contributed by atoms with E-state index in [0.29, 0.717) is 0 Å². The highest BCUT2D eigenvalue weighted by molar-refractivity contribution is 7.09. The van der Waals surface area contributed by atoms with Gasteiger partial charge in [-0.25, -0.2) is 4.98 Å². The molecule has 0 radical (unpaired) electrons. The Labute approximate surface area is 147 Å². The zero-order chi connectivity index (χ0) is 16.4. The number of piperazine rings is 1. The SMILES string of the molecule is Cc1nsc(N2CCN(Cc3ccc(OCC4CC4)cc3)CC2)n1. The second-order valence-corrected chi connectivity index (χ2v) is 7.52. The minimum atomic E-state index is 0.804. The minimum Gasteiger partial charge on any atom is -0.493 e. The topological polar surface area (TPSA) is 41.5 Å². The molecule has 0 amide bonds. The second kappa shape index (κ2) is 7.07. The quantitative estimate of drug-likeness (QED) is 0.806. The zero-order valence-electron chi connectivity index (χ0n) is 14.1. The maximum atomic E-state index is 5.81. The van der Waals surface area contributed by atoms with Gasteiger partial charge in [-0.2, -0.15) is 4.37 Å². The van der Waals surface area contributed by atoms with E-state index in [2.05, 4.69) is 43.4 Å². The maximum absolute atomic E-state index is 5.81. The van der Waals surface area contributed by atoms with E-state index in [0.717, 1.165) is 62.0 Å². The molecule has 1 aliphatic heterocycles. The first-order valence-electron chi connectivity index (χ1n) is 8.75. The van der Waals surface area contributed by atoms with Crippen LogP contribution in [0.4, 0.5) is 5.13 Å². The van der Waals surface area contributed by atoms with Crippen LogP contribution in [0.3, 0.4) is 0 Å². The van der Waals surface area contributed by atoms with Crippen LogP contribution < -0.4 is 9.64 Å². The molecule has 0 unspecified atom stereocenters. The van der Waals surface area contributed by atoms with Gasteiger partial charge in [-0.1, -0.05) is 12.1 Å². The molecule has 2 aliphatic rings. The molecule has 0 N–H and O–H groups in total. The molecule has 24 heavy (non-hydrogen) atoms. The molecule has 128 valence electrons. The molecule has 4 rings (SSSR count). The molecule has 6 heteroatoms. The number of aromatic nitrogens is 2. The number of anilines is 1. The van der Waals surface area contributed by atoms with E-state index in [9.17, 15) is 0 Å². The van der Waals surface area contributed by atoms with Crippen LogP contribution in [0.1, 0.15) is 24.2 Å². The van der Waals surface area contributed by atoms with Crippen LogP contribution in [-0.4, -0.2) is 47.0 Å². The number of hydrogen-bond donors (Lipinski definition) is 0. The van der Waals surface area contributed by atoms with Crippen molar-refractivity contribution >= 4 is 16.7 Å². The Bertz CT molecular complexity index is 660. The molecule has 5 nitrogen and oxygen atoms in total. The Morgan fingerprint density at radius 3 is 2.50 bits per heavy atom. The molecule has 1 aliphatic carbocycles. The average Bonchev–Trinajstić information content (AvgIpc) is 3.34. The molecular weight excluding hydrogens is 320 g/mol. The van der Waals surface area contributed by atoms with E-state index in [1.165, 1.54) is 29.9 Å². The normalized spacial score (nSPS) is 18.8. The molecule has 1 aromatic heterocycles. The molecule has 0 bridgehead atoms. The van der Waals surface area contributed by atoms with E-state index in [1.807, 2.05) is 6.92 Å². The van der Waals surface area contributed by atoms with Crippen molar-refractivity contribution in [2.24, 2.45) is 5.92 Å². The van der Waals surface area contributed by atoms with Gasteiger partial charge in [0, 0.05) is 44.3 Å². The highest BCUT2D eigenvalue weighted by atomic mass is 32.1. The van der Waals surface area contributed by atoms with Crippen LogP contribution in [0.2, 0.25) is 0 Å². The Morgan fingerprint density at radius 1 is 1.12 bits per heavy atom. The van der Waals surface area contributed by atoms with Crippen molar-refractivity contribution in [2.75, 3.05) is 37.7 Å². The van der Waals surface area contributed by atoms with Gasteiger partial charge in [0.1, 0.15) is 11.6 Å². The molecule has 0 atom stereocenters. The number of ether oxygens (including phenoxy) is 1.